The van der Waals surface area contributed by atoms with E-state index in [-0.39, 0.29) is 0 Å². The van der Waals surface area contributed by atoms with Crippen molar-refractivity contribution < 1.29 is 0 Å². The summed E-state index contributed by atoms with van der Waals surface area (Å²) in [6.45, 7) is 1.09. The monoisotopic (exact) mass is 209 g/mol. The van der Waals surface area contributed by atoms with E-state index in [2.05, 4.69) is 15.6 Å². The third-order valence-electron chi connectivity index (χ3n) is 2.92. The van der Waals surface area contributed by atoms with E-state index < -0.39 is 5.66 Å². The molecule has 2 rings (SSSR count). The van der Waals surface area contributed by atoms with Crippen molar-refractivity contribution in [3.05, 3.63) is 12.3 Å². The number of rotatable bonds is 2. The van der Waals surface area contributed by atoms with Crippen LogP contribution in [0.2, 0.25) is 0 Å². The maximum Gasteiger partial charge on any atom is 0.194 e. The lowest BCUT2D eigenvalue weighted by Crippen LogP contribution is -2.49. The number of guanidine groups is 1. The minimum Gasteiger partial charge on any atom is -0.370 e. The van der Waals surface area contributed by atoms with Crippen LogP contribution < -0.4 is 22.1 Å². The maximum absolute atomic E-state index is 6.15. The van der Waals surface area contributed by atoms with E-state index in [4.69, 9.17) is 11.5 Å². The Morgan fingerprint density at radius 3 is 3.07 bits per heavy atom. The lowest BCUT2D eigenvalue weighted by atomic mass is 9.94. The second kappa shape index (κ2) is 4.20. The van der Waals surface area contributed by atoms with E-state index >= 15 is 0 Å². The van der Waals surface area contributed by atoms with Gasteiger partial charge in [0.2, 0.25) is 0 Å². The number of nitrogens with zero attached hydrogens (tertiary/aromatic N) is 1. The van der Waals surface area contributed by atoms with Crippen molar-refractivity contribution in [1.29, 1.82) is 0 Å². The second-order valence-electron chi connectivity index (χ2n) is 4.32. The number of hydrogen-bond acceptors (Lipinski definition) is 5. The first kappa shape index (κ1) is 10.4. The zero-order valence-electron chi connectivity index (χ0n) is 8.87. The van der Waals surface area contributed by atoms with Crippen LogP contribution >= 0.6 is 0 Å². The van der Waals surface area contributed by atoms with E-state index in [0.717, 1.165) is 13.0 Å². The highest BCUT2D eigenvalue weighted by Crippen LogP contribution is 2.20. The Hall–Kier alpha value is -1.07. The smallest absolute Gasteiger partial charge is 0.194 e. The molecule has 0 aromatic carbocycles. The number of piperidine rings is 1. The minimum atomic E-state index is -0.635. The number of aliphatic imine (C=N–C) groups is 1. The van der Waals surface area contributed by atoms with Crippen molar-refractivity contribution >= 4 is 5.96 Å². The lowest BCUT2D eigenvalue weighted by Gasteiger charge is -2.32. The van der Waals surface area contributed by atoms with Gasteiger partial charge in [0.05, 0.1) is 0 Å². The quantitative estimate of drug-likeness (QED) is 0.498. The highest BCUT2D eigenvalue weighted by atomic mass is 15.2. The van der Waals surface area contributed by atoms with Gasteiger partial charge >= 0.3 is 0 Å². The van der Waals surface area contributed by atoms with Gasteiger partial charge in [-0.05, 0) is 25.5 Å². The minimum absolute atomic E-state index is 0.399. The van der Waals surface area contributed by atoms with Crippen LogP contribution in [0.5, 0.6) is 0 Å². The van der Waals surface area contributed by atoms with Crippen molar-refractivity contribution in [1.82, 2.24) is 10.6 Å². The molecule has 5 heteroatoms. The summed E-state index contributed by atoms with van der Waals surface area (Å²) < 4.78 is 0. The van der Waals surface area contributed by atoms with Crippen molar-refractivity contribution in [3.63, 3.8) is 0 Å². The zero-order valence-corrected chi connectivity index (χ0v) is 8.87. The van der Waals surface area contributed by atoms with Gasteiger partial charge in [0, 0.05) is 18.7 Å². The predicted molar refractivity (Wildman–Crippen MR) is 61.1 cm³/mol. The molecule has 0 amide bonds. The van der Waals surface area contributed by atoms with Gasteiger partial charge < -0.3 is 22.1 Å². The van der Waals surface area contributed by atoms with E-state index in [1.54, 1.807) is 6.20 Å². The Morgan fingerprint density at radius 1 is 1.53 bits per heavy atom. The van der Waals surface area contributed by atoms with Crippen LogP contribution in [0.3, 0.4) is 0 Å². The topological polar surface area (TPSA) is 88.5 Å². The Kier molecular flexibility index (Phi) is 2.93. The Labute approximate surface area is 90.0 Å². The van der Waals surface area contributed by atoms with E-state index in [1.807, 2.05) is 6.08 Å². The Morgan fingerprint density at radius 2 is 2.40 bits per heavy atom. The molecule has 1 saturated heterocycles. The molecule has 2 heterocycles. The first-order valence-electron chi connectivity index (χ1n) is 5.50. The Bertz CT molecular complexity index is 280. The molecular weight excluding hydrogens is 190 g/mol. The highest BCUT2D eigenvalue weighted by Gasteiger charge is 2.28. The second-order valence-corrected chi connectivity index (χ2v) is 4.32. The molecule has 2 unspecified atom stereocenters. The summed E-state index contributed by atoms with van der Waals surface area (Å²) in [6, 6.07) is 0.461. The van der Waals surface area contributed by atoms with Gasteiger partial charge in [0.15, 0.2) is 5.96 Å². The number of hydrogen-bond donors (Lipinski definition) is 4. The summed E-state index contributed by atoms with van der Waals surface area (Å²) in [5.74, 6) is 0.399. The molecule has 5 nitrogen and oxygen atoms in total. The molecule has 0 aromatic rings. The van der Waals surface area contributed by atoms with Gasteiger partial charge in [-0.15, -0.1) is 0 Å². The number of nitrogens with two attached hydrogens (primary N) is 2. The fraction of sp³-hybridized carbons (Fsp3) is 0.700. The molecule has 0 radical (unpaired) electrons. The summed E-state index contributed by atoms with van der Waals surface area (Å²) >= 11 is 0. The van der Waals surface area contributed by atoms with Gasteiger partial charge in [-0.3, -0.25) is 0 Å². The summed E-state index contributed by atoms with van der Waals surface area (Å²) in [4.78, 5) is 4.24. The molecular formula is C10H19N5. The van der Waals surface area contributed by atoms with Crippen LogP contribution in [0, 0.1) is 0 Å². The molecule has 84 valence electrons. The van der Waals surface area contributed by atoms with Gasteiger partial charge in [-0.1, -0.05) is 6.42 Å². The van der Waals surface area contributed by atoms with Crippen LogP contribution in [0.1, 0.15) is 25.7 Å². The van der Waals surface area contributed by atoms with Gasteiger partial charge in [0.1, 0.15) is 5.66 Å². The van der Waals surface area contributed by atoms with Gasteiger partial charge in [0.25, 0.3) is 0 Å². The molecule has 2 aliphatic heterocycles. The predicted octanol–water partition coefficient (Wildman–Crippen LogP) is -0.395. The van der Waals surface area contributed by atoms with E-state index in [9.17, 15) is 0 Å². The van der Waals surface area contributed by atoms with Crippen molar-refractivity contribution in [2.24, 2.45) is 16.5 Å². The molecule has 0 spiro atoms. The number of nitrogens with one attached hydrogen (secondary N) is 2. The first-order chi connectivity index (χ1) is 7.18. The highest BCUT2D eigenvalue weighted by molar-refractivity contribution is 5.80. The van der Waals surface area contributed by atoms with Crippen LogP contribution in [0.25, 0.3) is 0 Å². The van der Waals surface area contributed by atoms with E-state index in [0.29, 0.717) is 12.0 Å². The summed E-state index contributed by atoms with van der Waals surface area (Å²) in [6.07, 6.45) is 8.16. The lowest BCUT2D eigenvalue weighted by molar-refractivity contribution is 0.330. The fourth-order valence-electron chi connectivity index (χ4n) is 2.17. The molecule has 2 aliphatic rings. The van der Waals surface area contributed by atoms with Crippen LogP contribution in [-0.4, -0.2) is 24.2 Å². The largest absolute Gasteiger partial charge is 0.370 e. The molecule has 0 saturated carbocycles. The SMILES string of the molecule is NC1=NC(N)(CC2CCCCN2)C=CN1. The van der Waals surface area contributed by atoms with Crippen molar-refractivity contribution in [2.75, 3.05) is 6.54 Å². The standard InChI is InChI=1S/C10H19N5/c11-9-14-6-4-10(12,15-9)7-8-3-1-2-5-13-8/h4,6,8,13H,1-3,5,7,12H2,(H3,11,14,15). The van der Waals surface area contributed by atoms with Crippen LogP contribution in [-0.2, 0) is 0 Å². The van der Waals surface area contributed by atoms with Crippen molar-refractivity contribution in [3.8, 4) is 0 Å². The molecule has 1 fully saturated rings. The Balaban J connectivity index is 1.97. The summed E-state index contributed by atoms with van der Waals surface area (Å²) in [5, 5.41) is 6.28. The van der Waals surface area contributed by atoms with E-state index in [1.165, 1.54) is 19.3 Å². The molecule has 0 bridgehead atoms. The average molecular weight is 209 g/mol. The van der Waals surface area contributed by atoms with Crippen molar-refractivity contribution in [2.45, 2.75) is 37.4 Å². The molecule has 0 aromatic heterocycles. The zero-order chi connectivity index (χ0) is 10.7. The fourth-order valence-corrected chi connectivity index (χ4v) is 2.17. The summed E-state index contributed by atoms with van der Waals surface area (Å²) in [7, 11) is 0. The molecule has 0 aliphatic carbocycles. The van der Waals surface area contributed by atoms with Crippen LogP contribution in [0.15, 0.2) is 17.3 Å². The normalized spacial score (nSPS) is 35.8. The molecule has 6 N–H and O–H groups in total. The van der Waals surface area contributed by atoms with Gasteiger partial charge in [-0.2, -0.15) is 0 Å². The third-order valence-corrected chi connectivity index (χ3v) is 2.92. The molecule has 2 atom stereocenters. The molecule has 15 heavy (non-hydrogen) atoms. The summed E-state index contributed by atoms with van der Waals surface area (Å²) in [5.41, 5.74) is 11.1. The van der Waals surface area contributed by atoms with Gasteiger partial charge in [-0.25, -0.2) is 4.99 Å². The third kappa shape index (κ3) is 2.70. The average Bonchev–Trinajstić information content (AvgIpc) is 2.18. The maximum atomic E-state index is 6.15. The van der Waals surface area contributed by atoms with Crippen LogP contribution in [0.4, 0.5) is 0 Å². The first-order valence-corrected chi connectivity index (χ1v) is 5.50.